The van der Waals surface area contributed by atoms with Gasteiger partial charge in [0.25, 0.3) is 11.8 Å². The number of halogens is 1. The van der Waals surface area contributed by atoms with E-state index >= 15 is 0 Å². The Morgan fingerprint density at radius 3 is 2.61 bits per heavy atom. The Morgan fingerprint density at radius 2 is 1.84 bits per heavy atom. The van der Waals surface area contributed by atoms with Gasteiger partial charge in [0, 0.05) is 24.0 Å². The molecule has 7 nitrogen and oxygen atoms in total. The highest BCUT2D eigenvalue weighted by molar-refractivity contribution is 6.09. The normalized spacial score (nSPS) is 18.6. The molecule has 1 aromatic heterocycles. The van der Waals surface area contributed by atoms with Crippen molar-refractivity contribution >= 4 is 28.5 Å². The Morgan fingerprint density at radius 1 is 1.06 bits per heavy atom. The van der Waals surface area contributed by atoms with Crippen LogP contribution in [0.1, 0.15) is 16.1 Å². The van der Waals surface area contributed by atoms with E-state index in [0.29, 0.717) is 48.7 Å². The van der Waals surface area contributed by atoms with Gasteiger partial charge in [0.2, 0.25) is 0 Å². The van der Waals surface area contributed by atoms with Crippen LogP contribution in [-0.4, -0.2) is 55.7 Å². The maximum Gasteiger partial charge on any atom is 0.294 e. The van der Waals surface area contributed by atoms with Crippen molar-refractivity contribution in [2.75, 3.05) is 37.7 Å². The summed E-state index contributed by atoms with van der Waals surface area (Å²) >= 11 is 0. The van der Waals surface area contributed by atoms with E-state index in [1.807, 2.05) is 0 Å². The maximum absolute atomic E-state index is 14.2. The first kappa shape index (κ1) is 19.6. The summed E-state index contributed by atoms with van der Waals surface area (Å²) in [6.45, 7) is 3.67. The Hall–Kier alpha value is -3.39. The molecule has 2 aromatic carbocycles. The molecule has 0 saturated carbocycles. The lowest BCUT2D eigenvalue weighted by Crippen LogP contribution is -2.54. The fourth-order valence-corrected chi connectivity index (χ4v) is 4.08. The van der Waals surface area contributed by atoms with Gasteiger partial charge in [-0.15, -0.1) is 0 Å². The predicted molar refractivity (Wildman–Crippen MR) is 111 cm³/mol. The van der Waals surface area contributed by atoms with Crippen molar-refractivity contribution in [1.82, 2.24) is 4.90 Å². The number of amides is 2. The fourth-order valence-electron chi connectivity index (χ4n) is 4.08. The van der Waals surface area contributed by atoms with Gasteiger partial charge < -0.3 is 18.8 Å². The summed E-state index contributed by atoms with van der Waals surface area (Å²) in [5, 5.41) is 0.547. The largest absolute Gasteiger partial charge is 0.476 e. The molecule has 2 amide bonds. The molecule has 1 fully saturated rings. The van der Waals surface area contributed by atoms with Gasteiger partial charge in [-0.05, 0) is 25.1 Å². The predicted octanol–water partition coefficient (Wildman–Crippen LogP) is 3.15. The number of morpholine rings is 1. The van der Waals surface area contributed by atoms with Crippen LogP contribution in [-0.2, 0) is 9.53 Å². The monoisotopic (exact) mass is 424 g/mol. The van der Waals surface area contributed by atoms with Crippen LogP contribution in [0, 0.1) is 12.7 Å². The highest BCUT2D eigenvalue weighted by Crippen LogP contribution is 2.36. The van der Waals surface area contributed by atoms with Gasteiger partial charge in [-0.3, -0.25) is 14.5 Å². The zero-order valence-corrected chi connectivity index (χ0v) is 17.0. The molecule has 160 valence electrons. The third-order valence-electron chi connectivity index (χ3n) is 5.73. The number of carbonyl (C=O) groups is 2. The molecule has 31 heavy (non-hydrogen) atoms. The van der Waals surface area contributed by atoms with Crippen LogP contribution in [0.5, 0.6) is 5.75 Å². The second-order valence-corrected chi connectivity index (χ2v) is 7.60. The van der Waals surface area contributed by atoms with E-state index in [-0.39, 0.29) is 23.8 Å². The van der Waals surface area contributed by atoms with Crippen molar-refractivity contribution < 1.29 is 27.9 Å². The minimum atomic E-state index is -0.849. The number of para-hydroxylation sites is 3. The zero-order chi connectivity index (χ0) is 21.5. The summed E-state index contributed by atoms with van der Waals surface area (Å²) in [5.41, 5.74) is 1.14. The topological polar surface area (TPSA) is 72.2 Å². The van der Waals surface area contributed by atoms with Crippen molar-refractivity contribution in [1.29, 1.82) is 0 Å². The maximum atomic E-state index is 14.2. The summed E-state index contributed by atoms with van der Waals surface area (Å²) in [7, 11) is 0. The van der Waals surface area contributed by atoms with Gasteiger partial charge in [0.1, 0.15) is 5.75 Å². The highest BCUT2D eigenvalue weighted by atomic mass is 19.1. The molecule has 5 rings (SSSR count). The quantitative estimate of drug-likeness (QED) is 0.632. The summed E-state index contributed by atoms with van der Waals surface area (Å²) in [6.07, 6.45) is -0.849. The van der Waals surface area contributed by atoms with Crippen molar-refractivity contribution in [3.8, 4) is 5.75 Å². The van der Waals surface area contributed by atoms with E-state index < -0.39 is 17.8 Å². The third kappa shape index (κ3) is 3.33. The number of anilines is 1. The second kappa shape index (κ2) is 7.70. The summed E-state index contributed by atoms with van der Waals surface area (Å²) < 4.78 is 31.1. The molecule has 3 aromatic rings. The molecular formula is C23H21FN2O5. The first-order valence-corrected chi connectivity index (χ1v) is 10.2. The van der Waals surface area contributed by atoms with Crippen LogP contribution in [0.25, 0.3) is 11.0 Å². The van der Waals surface area contributed by atoms with Crippen LogP contribution >= 0.6 is 0 Å². The van der Waals surface area contributed by atoms with Crippen molar-refractivity contribution in [2.24, 2.45) is 0 Å². The molecule has 2 aliphatic heterocycles. The van der Waals surface area contributed by atoms with Crippen LogP contribution in [0.15, 0.2) is 46.9 Å². The molecule has 0 radical (unpaired) electrons. The van der Waals surface area contributed by atoms with Gasteiger partial charge in [-0.25, -0.2) is 4.39 Å². The summed E-state index contributed by atoms with van der Waals surface area (Å²) in [4.78, 5) is 29.7. The van der Waals surface area contributed by atoms with Crippen LogP contribution in [0.4, 0.5) is 10.1 Å². The SMILES string of the molecule is Cc1c(C(=O)N2CC(C(=O)N3CCOCC3)Oc3ccccc32)oc2c(F)cccc12. The molecule has 0 spiro atoms. The highest BCUT2D eigenvalue weighted by Gasteiger charge is 2.38. The number of ether oxygens (including phenoxy) is 2. The van der Waals surface area contributed by atoms with E-state index in [1.165, 1.54) is 11.0 Å². The third-order valence-corrected chi connectivity index (χ3v) is 5.73. The molecule has 0 bridgehead atoms. The summed E-state index contributed by atoms with van der Waals surface area (Å²) in [5.74, 6) is -0.669. The lowest BCUT2D eigenvalue weighted by molar-refractivity contribution is -0.142. The molecule has 1 saturated heterocycles. The van der Waals surface area contributed by atoms with E-state index in [0.717, 1.165) is 0 Å². The number of aryl methyl sites for hydroxylation is 1. The molecule has 0 aliphatic carbocycles. The van der Waals surface area contributed by atoms with Crippen LogP contribution in [0.3, 0.4) is 0 Å². The number of furan rings is 1. The van der Waals surface area contributed by atoms with E-state index in [4.69, 9.17) is 13.9 Å². The van der Waals surface area contributed by atoms with Crippen LogP contribution in [0.2, 0.25) is 0 Å². The van der Waals surface area contributed by atoms with Crippen molar-refractivity contribution in [2.45, 2.75) is 13.0 Å². The van der Waals surface area contributed by atoms with E-state index in [9.17, 15) is 14.0 Å². The molecule has 0 N–H and O–H groups in total. The minimum absolute atomic E-state index is 0.0327. The van der Waals surface area contributed by atoms with Crippen LogP contribution < -0.4 is 9.64 Å². The van der Waals surface area contributed by atoms with Gasteiger partial charge in [-0.2, -0.15) is 0 Å². The van der Waals surface area contributed by atoms with Gasteiger partial charge in [0.05, 0.1) is 25.4 Å². The number of nitrogens with zero attached hydrogens (tertiary/aromatic N) is 2. The Kier molecular flexibility index (Phi) is 4.86. The molecule has 3 heterocycles. The zero-order valence-electron chi connectivity index (χ0n) is 17.0. The van der Waals surface area contributed by atoms with Gasteiger partial charge in [-0.1, -0.05) is 24.3 Å². The number of rotatable bonds is 2. The van der Waals surface area contributed by atoms with E-state index in [1.54, 1.807) is 48.2 Å². The smallest absolute Gasteiger partial charge is 0.294 e. The van der Waals surface area contributed by atoms with Gasteiger partial charge >= 0.3 is 0 Å². The minimum Gasteiger partial charge on any atom is -0.476 e. The molecule has 1 atom stereocenters. The molecule has 8 heteroatoms. The standard InChI is InChI=1S/C23H21FN2O5/c1-14-15-5-4-6-16(24)21(15)31-20(14)23(28)26-13-19(22(27)25-9-11-29-12-10-25)30-18-8-3-2-7-17(18)26/h2-8,19H,9-13H2,1H3. The fraction of sp³-hybridized carbons (Fsp3) is 0.304. The average molecular weight is 424 g/mol. The lowest BCUT2D eigenvalue weighted by atomic mass is 10.1. The second-order valence-electron chi connectivity index (χ2n) is 7.60. The lowest BCUT2D eigenvalue weighted by Gasteiger charge is -2.37. The Balaban J connectivity index is 1.51. The Bertz CT molecular complexity index is 1170. The number of hydrogen-bond donors (Lipinski definition) is 0. The Labute approximate surface area is 177 Å². The van der Waals surface area contributed by atoms with Gasteiger partial charge in [0.15, 0.2) is 23.3 Å². The summed E-state index contributed by atoms with van der Waals surface area (Å²) in [6, 6.07) is 11.6. The first-order chi connectivity index (χ1) is 15.0. The molecule has 2 aliphatic rings. The number of benzene rings is 2. The average Bonchev–Trinajstić information content (AvgIpc) is 3.15. The van der Waals surface area contributed by atoms with Crippen molar-refractivity contribution in [3.05, 3.63) is 59.6 Å². The number of fused-ring (bicyclic) bond motifs is 2. The molecule has 1 unspecified atom stereocenters. The first-order valence-electron chi connectivity index (χ1n) is 10.2. The van der Waals surface area contributed by atoms with Crippen molar-refractivity contribution in [3.63, 3.8) is 0 Å². The van der Waals surface area contributed by atoms with E-state index in [2.05, 4.69) is 0 Å². The number of carbonyl (C=O) groups excluding carboxylic acids is 2. The number of hydrogen-bond acceptors (Lipinski definition) is 5. The molecular weight excluding hydrogens is 403 g/mol.